The topological polar surface area (TPSA) is 55.0 Å². The Hall–Kier alpha value is -1.42. The van der Waals surface area contributed by atoms with Crippen LogP contribution >= 0.6 is 0 Å². The zero-order valence-corrected chi connectivity index (χ0v) is 16.1. The summed E-state index contributed by atoms with van der Waals surface area (Å²) in [5.74, 6) is 1.64. The minimum atomic E-state index is 0.708. The molecule has 1 aliphatic carbocycles. The summed E-state index contributed by atoms with van der Waals surface area (Å²) in [6, 6.07) is 0. The van der Waals surface area contributed by atoms with Gasteiger partial charge in [-0.15, -0.1) is 0 Å². The molecular weight excluding hydrogens is 308 g/mol. The van der Waals surface area contributed by atoms with E-state index in [4.69, 9.17) is 10.7 Å². The standard InChI is InChI=1S/C21H34N4/c1-3-4-11-19-23-20-17(16(2)15-18(20)21(22)24-19)10-7-5-6-8-12-25-13-9-14-25/h3-15H2,1-2H3,(H2,22,23,24). The number of hydrogen-bond donors (Lipinski definition) is 1. The maximum absolute atomic E-state index is 6.23. The number of fused-ring (bicyclic) bond motifs is 1. The third-order valence-electron chi connectivity index (χ3n) is 5.68. The molecule has 138 valence electrons. The Kier molecular flexibility index (Phi) is 6.46. The average molecular weight is 343 g/mol. The molecule has 0 radical (unpaired) electrons. The SMILES string of the molecule is CCCCc1nc(N)c2c(n1)C(CCCCCCN1CCC1)=C(C)C2. The molecule has 2 N–H and O–H groups in total. The number of unbranched alkanes of at least 4 members (excludes halogenated alkanes) is 4. The van der Waals surface area contributed by atoms with Gasteiger partial charge < -0.3 is 10.6 Å². The lowest BCUT2D eigenvalue weighted by Crippen LogP contribution is -2.37. The predicted molar refractivity (Wildman–Crippen MR) is 105 cm³/mol. The third kappa shape index (κ3) is 4.60. The van der Waals surface area contributed by atoms with Crippen molar-refractivity contribution in [3.05, 3.63) is 22.7 Å². The van der Waals surface area contributed by atoms with Crippen molar-refractivity contribution in [3.63, 3.8) is 0 Å². The van der Waals surface area contributed by atoms with Gasteiger partial charge in [0.15, 0.2) is 0 Å². The van der Waals surface area contributed by atoms with Crippen LogP contribution in [0.4, 0.5) is 5.82 Å². The van der Waals surface area contributed by atoms with Crippen molar-refractivity contribution >= 4 is 11.4 Å². The molecule has 0 saturated carbocycles. The van der Waals surface area contributed by atoms with Crippen molar-refractivity contribution in [2.45, 2.75) is 78.1 Å². The van der Waals surface area contributed by atoms with E-state index in [1.807, 2.05) is 0 Å². The van der Waals surface area contributed by atoms with Crippen LogP contribution in [0.5, 0.6) is 0 Å². The van der Waals surface area contributed by atoms with Crippen LogP contribution in [0.1, 0.15) is 82.3 Å². The molecule has 1 saturated heterocycles. The Morgan fingerprint density at radius 2 is 1.80 bits per heavy atom. The van der Waals surface area contributed by atoms with Crippen LogP contribution in [0.3, 0.4) is 0 Å². The van der Waals surface area contributed by atoms with E-state index in [-0.39, 0.29) is 0 Å². The lowest BCUT2D eigenvalue weighted by atomic mass is 10.0. The number of nitrogen functional groups attached to an aromatic ring is 1. The second-order valence-electron chi connectivity index (χ2n) is 7.75. The minimum Gasteiger partial charge on any atom is -0.383 e. The molecule has 1 aromatic rings. The lowest BCUT2D eigenvalue weighted by Gasteiger charge is -2.30. The van der Waals surface area contributed by atoms with Gasteiger partial charge in [0.1, 0.15) is 11.6 Å². The fraction of sp³-hybridized carbons (Fsp3) is 0.714. The number of aromatic nitrogens is 2. The largest absolute Gasteiger partial charge is 0.383 e. The monoisotopic (exact) mass is 342 g/mol. The van der Waals surface area contributed by atoms with Gasteiger partial charge in [-0.2, -0.15) is 0 Å². The van der Waals surface area contributed by atoms with E-state index in [0.717, 1.165) is 37.2 Å². The van der Waals surface area contributed by atoms with Gasteiger partial charge in [0.2, 0.25) is 0 Å². The number of rotatable bonds is 10. The van der Waals surface area contributed by atoms with Crippen LogP contribution in [0, 0.1) is 0 Å². The molecule has 0 aromatic carbocycles. The summed E-state index contributed by atoms with van der Waals surface area (Å²) < 4.78 is 0. The van der Waals surface area contributed by atoms with Crippen molar-refractivity contribution in [3.8, 4) is 0 Å². The minimum absolute atomic E-state index is 0.708. The van der Waals surface area contributed by atoms with Gasteiger partial charge in [0, 0.05) is 12.0 Å². The maximum atomic E-state index is 6.23. The van der Waals surface area contributed by atoms with E-state index in [0.29, 0.717) is 5.82 Å². The molecule has 2 heterocycles. The number of allylic oxidation sites excluding steroid dienone is 2. The summed E-state index contributed by atoms with van der Waals surface area (Å²) >= 11 is 0. The molecule has 4 heteroatoms. The summed E-state index contributed by atoms with van der Waals surface area (Å²) in [5, 5.41) is 0. The van der Waals surface area contributed by atoms with Gasteiger partial charge in [0.05, 0.1) is 5.69 Å². The van der Waals surface area contributed by atoms with E-state index < -0.39 is 0 Å². The molecule has 0 spiro atoms. The van der Waals surface area contributed by atoms with Crippen LogP contribution in [0.2, 0.25) is 0 Å². The quantitative estimate of drug-likeness (QED) is 0.641. The molecule has 0 bridgehead atoms. The van der Waals surface area contributed by atoms with Crippen molar-refractivity contribution < 1.29 is 0 Å². The molecule has 1 aliphatic heterocycles. The number of nitrogens with zero attached hydrogens (tertiary/aromatic N) is 3. The highest BCUT2D eigenvalue weighted by Gasteiger charge is 2.24. The third-order valence-corrected chi connectivity index (χ3v) is 5.68. The van der Waals surface area contributed by atoms with Gasteiger partial charge in [-0.3, -0.25) is 0 Å². The van der Waals surface area contributed by atoms with E-state index in [1.54, 1.807) is 0 Å². The van der Waals surface area contributed by atoms with E-state index in [2.05, 4.69) is 23.7 Å². The fourth-order valence-corrected chi connectivity index (χ4v) is 3.92. The molecule has 0 amide bonds. The molecule has 4 nitrogen and oxygen atoms in total. The van der Waals surface area contributed by atoms with Crippen molar-refractivity contribution in [2.75, 3.05) is 25.4 Å². The number of aryl methyl sites for hydroxylation is 1. The lowest BCUT2D eigenvalue weighted by molar-refractivity contribution is 0.177. The highest BCUT2D eigenvalue weighted by molar-refractivity contribution is 5.76. The first-order valence-electron chi connectivity index (χ1n) is 10.3. The number of nitrogens with two attached hydrogens (primary N) is 1. The molecule has 3 rings (SSSR count). The second kappa shape index (κ2) is 8.79. The van der Waals surface area contributed by atoms with E-state index in [1.165, 1.54) is 74.9 Å². The second-order valence-corrected chi connectivity index (χ2v) is 7.75. The summed E-state index contributed by atoms with van der Waals surface area (Å²) in [7, 11) is 0. The van der Waals surface area contributed by atoms with Crippen LogP contribution in [-0.4, -0.2) is 34.5 Å². The van der Waals surface area contributed by atoms with Crippen LogP contribution in [-0.2, 0) is 12.8 Å². The van der Waals surface area contributed by atoms with Crippen LogP contribution in [0.25, 0.3) is 5.57 Å². The van der Waals surface area contributed by atoms with Crippen LogP contribution < -0.4 is 5.73 Å². The summed E-state index contributed by atoms with van der Waals surface area (Å²) in [4.78, 5) is 12.0. The smallest absolute Gasteiger partial charge is 0.131 e. The number of anilines is 1. The van der Waals surface area contributed by atoms with Crippen molar-refractivity contribution in [2.24, 2.45) is 0 Å². The molecule has 1 fully saturated rings. The summed E-state index contributed by atoms with van der Waals surface area (Å²) in [6.45, 7) is 8.39. The number of likely N-dealkylation sites (tertiary alicyclic amines) is 1. The summed E-state index contributed by atoms with van der Waals surface area (Å²) in [5.41, 5.74) is 11.5. The molecule has 2 aliphatic rings. The Morgan fingerprint density at radius 1 is 1.00 bits per heavy atom. The van der Waals surface area contributed by atoms with Gasteiger partial charge >= 0.3 is 0 Å². The zero-order valence-electron chi connectivity index (χ0n) is 16.1. The normalized spacial score (nSPS) is 17.0. The van der Waals surface area contributed by atoms with Crippen LogP contribution in [0.15, 0.2) is 5.57 Å². The first kappa shape index (κ1) is 18.4. The van der Waals surface area contributed by atoms with E-state index >= 15 is 0 Å². The predicted octanol–water partition coefficient (Wildman–Crippen LogP) is 4.39. The molecule has 0 atom stereocenters. The molecule has 0 unspecified atom stereocenters. The highest BCUT2D eigenvalue weighted by atomic mass is 15.2. The van der Waals surface area contributed by atoms with Gasteiger partial charge in [-0.05, 0) is 70.7 Å². The van der Waals surface area contributed by atoms with Gasteiger partial charge in [0.25, 0.3) is 0 Å². The summed E-state index contributed by atoms with van der Waals surface area (Å²) in [6.07, 6.45) is 12.0. The van der Waals surface area contributed by atoms with Gasteiger partial charge in [-0.1, -0.05) is 31.8 Å². The first-order valence-corrected chi connectivity index (χ1v) is 10.3. The zero-order chi connectivity index (χ0) is 17.6. The highest BCUT2D eigenvalue weighted by Crippen LogP contribution is 2.37. The Morgan fingerprint density at radius 3 is 2.52 bits per heavy atom. The molecular formula is C21H34N4. The number of hydrogen-bond acceptors (Lipinski definition) is 4. The molecule has 1 aromatic heterocycles. The molecule has 25 heavy (non-hydrogen) atoms. The fourth-order valence-electron chi connectivity index (χ4n) is 3.92. The maximum Gasteiger partial charge on any atom is 0.131 e. The Balaban J connectivity index is 1.51. The Labute approximate surface area is 152 Å². The van der Waals surface area contributed by atoms with Crippen molar-refractivity contribution in [1.82, 2.24) is 14.9 Å². The van der Waals surface area contributed by atoms with Gasteiger partial charge in [-0.25, -0.2) is 9.97 Å². The first-order chi connectivity index (χ1) is 12.2. The van der Waals surface area contributed by atoms with Crippen molar-refractivity contribution in [1.29, 1.82) is 0 Å². The van der Waals surface area contributed by atoms with E-state index in [9.17, 15) is 0 Å². The Bertz CT molecular complexity index is 617. The average Bonchev–Trinajstić information content (AvgIpc) is 2.87.